The van der Waals surface area contributed by atoms with Gasteiger partial charge in [-0.05, 0) is 85.3 Å². The number of aromatic nitrogens is 1. The second kappa shape index (κ2) is 10.3. The molecule has 3 aromatic carbocycles. The number of amides is 2. The molecule has 7 nitrogen and oxygen atoms in total. The minimum Gasteiger partial charge on any atom is -0.496 e. The number of rotatable bonds is 7. The summed E-state index contributed by atoms with van der Waals surface area (Å²) in [7, 11) is 3.14. The Morgan fingerprint density at radius 1 is 1.10 bits per heavy atom. The first-order chi connectivity index (χ1) is 19.7. The molecule has 1 saturated carbocycles. The molecule has 0 bridgehead atoms. The molecule has 2 unspecified atom stereocenters. The number of ether oxygens (including phenoxy) is 2. The standard InChI is InChI=1S/C32H30FN3O4S/c1-17-13-26(39-4)24(29(37)36-32(11-12-32)31-35-16-18(2)41-31)15-22(17)20-7-10-25-23(14-20)27(30(38)34-3)28(40-25)19-5-8-21(33)9-6-19/h5-10,13-16,27-28H,11-12H2,1-4H3,(H,34,38)(H,36,37). The highest BCUT2D eigenvalue weighted by atomic mass is 32.1. The van der Waals surface area contributed by atoms with Crippen LogP contribution in [0.3, 0.4) is 0 Å². The molecular weight excluding hydrogens is 541 g/mol. The first-order valence-corrected chi connectivity index (χ1v) is 14.3. The highest BCUT2D eigenvalue weighted by Gasteiger charge is 2.48. The number of aryl methyl sites for hydroxylation is 2. The lowest BCUT2D eigenvalue weighted by molar-refractivity contribution is -0.123. The van der Waals surface area contributed by atoms with Crippen molar-refractivity contribution in [3.05, 3.63) is 98.7 Å². The van der Waals surface area contributed by atoms with Crippen LogP contribution in [0.25, 0.3) is 11.1 Å². The minimum atomic E-state index is -0.627. The second-order valence-corrected chi connectivity index (χ2v) is 11.8. The first kappa shape index (κ1) is 27.0. The van der Waals surface area contributed by atoms with Crippen LogP contribution >= 0.6 is 11.3 Å². The van der Waals surface area contributed by atoms with Crippen molar-refractivity contribution >= 4 is 23.2 Å². The summed E-state index contributed by atoms with van der Waals surface area (Å²) < 4.78 is 25.4. The average molecular weight is 572 g/mol. The minimum absolute atomic E-state index is 0.200. The molecule has 0 spiro atoms. The molecule has 1 aromatic heterocycles. The number of halogens is 1. The Morgan fingerprint density at radius 3 is 2.49 bits per heavy atom. The van der Waals surface area contributed by atoms with E-state index in [0.717, 1.165) is 45.0 Å². The molecular formula is C32H30FN3O4S. The lowest BCUT2D eigenvalue weighted by Crippen LogP contribution is -2.35. The molecule has 0 saturated heterocycles. The van der Waals surface area contributed by atoms with Crippen LogP contribution < -0.4 is 20.1 Å². The molecule has 0 radical (unpaired) electrons. The molecule has 9 heteroatoms. The Kier molecular flexibility index (Phi) is 6.77. The lowest BCUT2D eigenvalue weighted by atomic mass is 9.88. The zero-order valence-electron chi connectivity index (χ0n) is 23.2. The molecule has 1 aliphatic carbocycles. The van der Waals surface area contributed by atoms with E-state index in [-0.39, 0.29) is 17.6 Å². The van der Waals surface area contributed by atoms with Crippen molar-refractivity contribution in [3.63, 3.8) is 0 Å². The molecule has 1 aliphatic heterocycles. The van der Waals surface area contributed by atoms with Gasteiger partial charge < -0.3 is 20.1 Å². The third-order valence-corrected chi connectivity index (χ3v) is 8.98. The summed E-state index contributed by atoms with van der Waals surface area (Å²) in [4.78, 5) is 32.3. The summed E-state index contributed by atoms with van der Waals surface area (Å²) in [5.41, 5.74) is 4.03. The van der Waals surface area contributed by atoms with E-state index in [1.807, 2.05) is 50.4 Å². The Labute approximate surface area is 241 Å². The van der Waals surface area contributed by atoms with Crippen LogP contribution in [0.1, 0.15) is 61.8 Å². The summed E-state index contributed by atoms with van der Waals surface area (Å²) >= 11 is 1.60. The largest absolute Gasteiger partial charge is 0.496 e. The quantitative estimate of drug-likeness (QED) is 0.286. The van der Waals surface area contributed by atoms with Crippen molar-refractivity contribution in [1.29, 1.82) is 0 Å². The molecule has 6 rings (SSSR count). The van der Waals surface area contributed by atoms with Gasteiger partial charge in [-0.15, -0.1) is 11.3 Å². The van der Waals surface area contributed by atoms with Crippen molar-refractivity contribution in [2.45, 2.75) is 44.2 Å². The van der Waals surface area contributed by atoms with Crippen molar-refractivity contribution < 1.29 is 23.5 Å². The SMILES string of the molecule is CNC(=O)C1c2cc(-c3cc(C(=O)NC4(c5ncc(C)s5)CC4)c(OC)cc3C)ccc2OC1c1ccc(F)cc1. The van der Waals surface area contributed by atoms with Crippen LogP contribution in [0.2, 0.25) is 0 Å². The smallest absolute Gasteiger partial charge is 0.255 e. The zero-order valence-corrected chi connectivity index (χ0v) is 24.0. The molecule has 4 aromatic rings. The van der Waals surface area contributed by atoms with Gasteiger partial charge in [0.15, 0.2) is 0 Å². The molecule has 41 heavy (non-hydrogen) atoms. The van der Waals surface area contributed by atoms with Gasteiger partial charge in [0, 0.05) is 23.7 Å². The maximum atomic E-state index is 13.6. The number of likely N-dealkylation sites (N-methyl/N-ethyl adjacent to an activating group) is 1. The number of nitrogens with zero attached hydrogens (tertiary/aromatic N) is 1. The average Bonchev–Trinajstić information content (AvgIpc) is 3.44. The van der Waals surface area contributed by atoms with Crippen molar-refractivity contribution in [2.24, 2.45) is 0 Å². The Morgan fingerprint density at radius 2 is 1.85 bits per heavy atom. The van der Waals surface area contributed by atoms with Gasteiger partial charge in [-0.2, -0.15) is 0 Å². The topological polar surface area (TPSA) is 89.6 Å². The molecule has 2 aliphatic rings. The fourth-order valence-corrected chi connectivity index (χ4v) is 6.46. The maximum absolute atomic E-state index is 13.6. The highest BCUT2D eigenvalue weighted by molar-refractivity contribution is 7.11. The second-order valence-electron chi connectivity index (χ2n) is 10.6. The van der Waals surface area contributed by atoms with Gasteiger partial charge in [0.1, 0.15) is 34.3 Å². The van der Waals surface area contributed by atoms with Gasteiger partial charge >= 0.3 is 0 Å². The van der Waals surface area contributed by atoms with E-state index in [0.29, 0.717) is 22.6 Å². The Hall–Kier alpha value is -4.24. The van der Waals surface area contributed by atoms with Gasteiger partial charge in [0.25, 0.3) is 5.91 Å². The Balaban J connectivity index is 1.36. The molecule has 2 N–H and O–H groups in total. The van der Waals surface area contributed by atoms with E-state index in [1.165, 1.54) is 12.1 Å². The zero-order chi connectivity index (χ0) is 28.9. The van der Waals surface area contributed by atoms with Crippen molar-refractivity contribution in [2.75, 3.05) is 14.2 Å². The van der Waals surface area contributed by atoms with Gasteiger partial charge in [0.2, 0.25) is 5.91 Å². The molecule has 2 amide bonds. The van der Waals surface area contributed by atoms with E-state index in [4.69, 9.17) is 9.47 Å². The van der Waals surface area contributed by atoms with E-state index in [2.05, 4.69) is 15.6 Å². The number of methoxy groups -OCH3 is 1. The number of thiazole rings is 1. The van der Waals surface area contributed by atoms with Crippen molar-refractivity contribution in [3.8, 4) is 22.6 Å². The number of fused-ring (bicyclic) bond motifs is 1. The van der Waals surface area contributed by atoms with Gasteiger partial charge in [-0.3, -0.25) is 9.59 Å². The highest BCUT2D eigenvalue weighted by Crippen LogP contribution is 2.49. The summed E-state index contributed by atoms with van der Waals surface area (Å²) in [6.07, 6.45) is 2.92. The summed E-state index contributed by atoms with van der Waals surface area (Å²) in [6, 6.07) is 15.4. The van der Waals surface area contributed by atoms with E-state index in [9.17, 15) is 14.0 Å². The van der Waals surface area contributed by atoms with Crippen LogP contribution in [0, 0.1) is 19.7 Å². The fraction of sp³-hybridized carbons (Fsp3) is 0.281. The van der Waals surface area contributed by atoms with Gasteiger partial charge in [-0.1, -0.05) is 18.2 Å². The Bertz CT molecular complexity index is 1660. The maximum Gasteiger partial charge on any atom is 0.255 e. The number of benzene rings is 3. The number of carbonyl (C=O) groups is 2. The van der Waals surface area contributed by atoms with Crippen LogP contribution in [0.4, 0.5) is 4.39 Å². The van der Waals surface area contributed by atoms with Crippen LogP contribution in [0.15, 0.2) is 60.8 Å². The monoisotopic (exact) mass is 571 g/mol. The number of hydrogen-bond donors (Lipinski definition) is 2. The van der Waals surface area contributed by atoms with Crippen LogP contribution in [-0.2, 0) is 10.3 Å². The molecule has 210 valence electrons. The third-order valence-electron chi connectivity index (χ3n) is 7.86. The number of hydrogen-bond acceptors (Lipinski definition) is 6. The fourth-order valence-electron chi connectivity index (χ4n) is 5.50. The molecule has 2 heterocycles. The van der Waals surface area contributed by atoms with Crippen LogP contribution in [-0.4, -0.2) is 31.0 Å². The number of carbonyl (C=O) groups excluding carboxylic acids is 2. The normalized spacial score (nSPS) is 18.3. The van der Waals surface area contributed by atoms with Gasteiger partial charge in [0.05, 0.1) is 18.2 Å². The van der Waals surface area contributed by atoms with Crippen molar-refractivity contribution in [1.82, 2.24) is 15.6 Å². The third kappa shape index (κ3) is 4.84. The van der Waals surface area contributed by atoms with E-state index in [1.54, 1.807) is 37.6 Å². The molecule has 1 fully saturated rings. The molecule has 2 atom stereocenters. The lowest BCUT2D eigenvalue weighted by Gasteiger charge is -2.19. The summed E-state index contributed by atoms with van der Waals surface area (Å²) in [5, 5.41) is 6.88. The van der Waals surface area contributed by atoms with Gasteiger partial charge in [-0.25, -0.2) is 9.37 Å². The predicted octanol–water partition coefficient (Wildman–Crippen LogP) is 5.96. The summed E-state index contributed by atoms with van der Waals surface area (Å²) in [5.74, 6) is -0.328. The summed E-state index contributed by atoms with van der Waals surface area (Å²) in [6.45, 7) is 3.97. The predicted molar refractivity (Wildman–Crippen MR) is 155 cm³/mol. The van der Waals surface area contributed by atoms with E-state index < -0.39 is 17.6 Å². The van der Waals surface area contributed by atoms with Crippen LogP contribution in [0.5, 0.6) is 11.5 Å². The van der Waals surface area contributed by atoms with E-state index >= 15 is 0 Å². The number of nitrogens with one attached hydrogen (secondary N) is 2. The first-order valence-electron chi connectivity index (χ1n) is 13.4.